The molecule has 0 amide bonds. The lowest BCUT2D eigenvalue weighted by atomic mass is 10.1. The van der Waals surface area contributed by atoms with Crippen LogP contribution in [0.1, 0.15) is 23.0 Å². The fourth-order valence-corrected chi connectivity index (χ4v) is 3.06. The van der Waals surface area contributed by atoms with Gasteiger partial charge in [-0.3, -0.25) is 4.68 Å². The zero-order chi connectivity index (χ0) is 15.6. The molecule has 0 saturated heterocycles. The van der Waals surface area contributed by atoms with E-state index < -0.39 is 5.97 Å². The summed E-state index contributed by atoms with van der Waals surface area (Å²) < 4.78 is 1.67. The van der Waals surface area contributed by atoms with Crippen LogP contribution in [-0.4, -0.2) is 44.4 Å². The van der Waals surface area contributed by atoms with Gasteiger partial charge in [0.05, 0.1) is 16.8 Å². The van der Waals surface area contributed by atoms with Gasteiger partial charge in [-0.25, -0.2) is 9.78 Å². The average Bonchev–Trinajstić information content (AvgIpc) is 2.71. The number of hydrogen-bond donors (Lipinski definition) is 2. The highest BCUT2D eigenvalue weighted by Crippen LogP contribution is 2.28. The second-order valence-electron chi connectivity index (χ2n) is 5.20. The second-order valence-corrected chi connectivity index (χ2v) is 6.11. The minimum atomic E-state index is -0.979. The first kappa shape index (κ1) is 15.6. The van der Waals surface area contributed by atoms with Crippen LogP contribution in [0, 0.1) is 12.8 Å². The van der Waals surface area contributed by atoms with Crippen LogP contribution in [0.4, 0.5) is 5.69 Å². The Morgan fingerprint density at radius 3 is 2.90 bits per heavy atom. The van der Waals surface area contributed by atoms with Gasteiger partial charge in [0.15, 0.2) is 5.65 Å². The summed E-state index contributed by atoms with van der Waals surface area (Å²) >= 11 is 1.78. The van der Waals surface area contributed by atoms with Crippen molar-refractivity contribution in [1.29, 1.82) is 0 Å². The number of aromatic carboxylic acids is 1. The van der Waals surface area contributed by atoms with E-state index in [-0.39, 0.29) is 5.56 Å². The molecule has 0 aliphatic heterocycles. The van der Waals surface area contributed by atoms with Crippen LogP contribution in [0.5, 0.6) is 0 Å². The van der Waals surface area contributed by atoms with Crippen molar-refractivity contribution in [2.75, 3.05) is 23.9 Å². The molecule has 7 heteroatoms. The van der Waals surface area contributed by atoms with Crippen molar-refractivity contribution >= 4 is 34.5 Å². The largest absolute Gasteiger partial charge is 0.478 e. The van der Waals surface area contributed by atoms with E-state index in [1.54, 1.807) is 16.4 Å². The van der Waals surface area contributed by atoms with Crippen LogP contribution >= 0.6 is 11.8 Å². The summed E-state index contributed by atoms with van der Waals surface area (Å²) in [6.45, 7) is 4.72. The molecule has 0 aliphatic carbocycles. The van der Waals surface area contributed by atoms with E-state index in [1.165, 1.54) is 6.20 Å². The van der Waals surface area contributed by atoms with Gasteiger partial charge in [0.1, 0.15) is 5.56 Å². The molecule has 1 atom stereocenters. The number of carboxylic acids is 1. The third-order valence-electron chi connectivity index (χ3n) is 3.34. The van der Waals surface area contributed by atoms with Gasteiger partial charge in [0.2, 0.25) is 0 Å². The SMILES string of the molecule is CSCC(C)CNc1c(C(=O)O)cnc2c1c(C)nn2C. The quantitative estimate of drug-likeness (QED) is 0.853. The molecule has 2 N–H and O–H groups in total. The first-order valence-corrected chi connectivity index (χ1v) is 8.13. The fraction of sp³-hybridized carbons (Fsp3) is 0.500. The van der Waals surface area contributed by atoms with E-state index in [0.29, 0.717) is 23.8 Å². The lowest BCUT2D eigenvalue weighted by Gasteiger charge is -2.15. The maximum atomic E-state index is 11.4. The van der Waals surface area contributed by atoms with Gasteiger partial charge in [-0.15, -0.1) is 0 Å². The van der Waals surface area contributed by atoms with Crippen molar-refractivity contribution in [3.05, 3.63) is 17.5 Å². The number of hydrogen-bond acceptors (Lipinski definition) is 5. The van der Waals surface area contributed by atoms with E-state index >= 15 is 0 Å². The molecule has 0 aromatic carbocycles. The molecule has 2 aromatic heterocycles. The molecule has 21 heavy (non-hydrogen) atoms. The number of anilines is 1. The molecule has 1 unspecified atom stereocenters. The van der Waals surface area contributed by atoms with Gasteiger partial charge < -0.3 is 10.4 Å². The molecule has 0 radical (unpaired) electrons. The van der Waals surface area contributed by atoms with E-state index in [1.807, 2.05) is 14.0 Å². The topological polar surface area (TPSA) is 80.0 Å². The van der Waals surface area contributed by atoms with Gasteiger partial charge in [0, 0.05) is 19.8 Å². The van der Waals surface area contributed by atoms with E-state index in [4.69, 9.17) is 0 Å². The van der Waals surface area contributed by atoms with Gasteiger partial charge in [-0.05, 0) is 24.9 Å². The maximum absolute atomic E-state index is 11.4. The highest BCUT2D eigenvalue weighted by Gasteiger charge is 2.19. The number of fused-ring (bicyclic) bond motifs is 1. The lowest BCUT2D eigenvalue weighted by molar-refractivity contribution is 0.0697. The smallest absolute Gasteiger partial charge is 0.339 e. The Morgan fingerprint density at radius 2 is 2.29 bits per heavy atom. The second kappa shape index (κ2) is 6.34. The molecular weight excluding hydrogens is 288 g/mol. The number of aryl methyl sites for hydroxylation is 2. The molecule has 0 bridgehead atoms. The van der Waals surface area contributed by atoms with Crippen LogP contribution in [-0.2, 0) is 7.05 Å². The Morgan fingerprint density at radius 1 is 1.57 bits per heavy atom. The number of thioether (sulfide) groups is 1. The first-order valence-electron chi connectivity index (χ1n) is 6.74. The molecule has 2 heterocycles. The van der Waals surface area contributed by atoms with Crippen molar-refractivity contribution in [2.45, 2.75) is 13.8 Å². The number of aromatic nitrogens is 3. The highest BCUT2D eigenvalue weighted by atomic mass is 32.2. The Kier molecular flexibility index (Phi) is 4.72. The van der Waals surface area contributed by atoms with Gasteiger partial charge in [0.25, 0.3) is 0 Å². The monoisotopic (exact) mass is 308 g/mol. The third kappa shape index (κ3) is 3.12. The van der Waals surface area contributed by atoms with E-state index in [9.17, 15) is 9.90 Å². The van der Waals surface area contributed by atoms with Crippen molar-refractivity contribution in [2.24, 2.45) is 13.0 Å². The van der Waals surface area contributed by atoms with Crippen molar-refractivity contribution in [3.8, 4) is 0 Å². The Balaban J connectivity index is 2.46. The number of carbonyl (C=O) groups is 1. The predicted octanol–water partition coefficient (Wildman–Crippen LogP) is 2.39. The molecular formula is C14H20N4O2S. The number of rotatable bonds is 6. The zero-order valence-electron chi connectivity index (χ0n) is 12.7. The fourth-order valence-electron chi connectivity index (χ4n) is 2.38. The third-order valence-corrected chi connectivity index (χ3v) is 4.24. The van der Waals surface area contributed by atoms with Gasteiger partial charge in [-0.2, -0.15) is 16.9 Å². The van der Waals surface area contributed by atoms with Crippen molar-refractivity contribution in [1.82, 2.24) is 14.8 Å². The Labute approximate surface area is 127 Å². The van der Waals surface area contributed by atoms with Crippen LogP contribution in [0.3, 0.4) is 0 Å². The predicted molar refractivity (Wildman–Crippen MR) is 86.2 cm³/mol. The summed E-state index contributed by atoms with van der Waals surface area (Å²) in [5, 5.41) is 17.8. The molecule has 2 aromatic rings. The molecule has 0 saturated carbocycles. The standard InChI is InChI=1S/C14H20N4O2S/c1-8(7-21-4)5-15-12-10(14(19)20)6-16-13-11(12)9(2)17-18(13)3/h6,8H,5,7H2,1-4H3,(H,15,16)(H,19,20). The number of pyridine rings is 1. The molecule has 0 aliphatic rings. The minimum Gasteiger partial charge on any atom is -0.478 e. The number of nitrogens with one attached hydrogen (secondary N) is 1. The van der Waals surface area contributed by atoms with Crippen molar-refractivity contribution < 1.29 is 9.90 Å². The Hall–Kier alpha value is -1.76. The van der Waals surface area contributed by atoms with Gasteiger partial charge >= 0.3 is 5.97 Å². The molecule has 2 rings (SSSR count). The number of carboxylic acid groups (broad SMARTS) is 1. The number of nitrogens with zero attached hydrogens (tertiary/aromatic N) is 3. The zero-order valence-corrected chi connectivity index (χ0v) is 13.5. The van der Waals surface area contributed by atoms with E-state index in [2.05, 4.69) is 28.6 Å². The van der Waals surface area contributed by atoms with Crippen LogP contribution in [0.15, 0.2) is 6.20 Å². The van der Waals surface area contributed by atoms with Crippen LogP contribution in [0.25, 0.3) is 11.0 Å². The summed E-state index contributed by atoms with van der Waals surface area (Å²) in [4.78, 5) is 15.7. The molecule has 0 fully saturated rings. The van der Waals surface area contributed by atoms with E-state index in [0.717, 1.165) is 16.8 Å². The average molecular weight is 308 g/mol. The lowest BCUT2D eigenvalue weighted by Crippen LogP contribution is -2.16. The Bertz CT molecular complexity index is 669. The van der Waals surface area contributed by atoms with Gasteiger partial charge in [-0.1, -0.05) is 6.92 Å². The molecule has 114 valence electrons. The van der Waals surface area contributed by atoms with Crippen LogP contribution in [0.2, 0.25) is 0 Å². The summed E-state index contributed by atoms with van der Waals surface area (Å²) in [5.74, 6) is 0.491. The normalized spacial score (nSPS) is 12.6. The maximum Gasteiger partial charge on any atom is 0.339 e. The van der Waals surface area contributed by atoms with Crippen LogP contribution < -0.4 is 5.32 Å². The summed E-state index contributed by atoms with van der Waals surface area (Å²) in [6, 6.07) is 0. The highest BCUT2D eigenvalue weighted by molar-refractivity contribution is 7.98. The summed E-state index contributed by atoms with van der Waals surface area (Å²) in [5.41, 5.74) is 2.28. The van der Waals surface area contributed by atoms with Crippen molar-refractivity contribution in [3.63, 3.8) is 0 Å². The minimum absolute atomic E-state index is 0.190. The molecule has 0 spiro atoms. The summed E-state index contributed by atoms with van der Waals surface area (Å²) in [7, 11) is 1.81. The first-order chi connectivity index (χ1) is 9.95. The molecule has 6 nitrogen and oxygen atoms in total. The summed E-state index contributed by atoms with van der Waals surface area (Å²) in [6.07, 6.45) is 3.46.